The third-order valence-corrected chi connectivity index (χ3v) is 3.15. The minimum atomic E-state index is -0.0458. The van der Waals surface area contributed by atoms with Gasteiger partial charge in [-0.2, -0.15) is 0 Å². The summed E-state index contributed by atoms with van der Waals surface area (Å²) in [6, 6.07) is 0. The topological polar surface area (TPSA) is 58.6 Å². The van der Waals surface area contributed by atoms with Crippen LogP contribution in [0.4, 0.5) is 0 Å². The van der Waals surface area contributed by atoms with Crippen molar-refractivity contribution in [1.82, 2.24) is 10.2 Å². The molecule has 0 saturated carbocycles. The summed E-state index contributed by atoms with van der Waals surface area (Å²) in [4.78, 5) is 25.3. The second-order valence-corrected chi connectivity index (χ2v) is 5.07. The SMILES string of the molecule is CC(C)C(=O)NCC[C@@H](C)C(=O)N1CCOCC1. The van der Waals surface area contributed by atoms with Crippen LogP contribution in [0.15, 0.2) is 0 Å². The largest absolute Gasteiger partial charge is 0.378 e. The van der Waals surface area contributed by atoms with Crippen molar-refractivity contribution in [2.24, 2.45) is 11.8 Å². The standard InChI is InChI=1S/C13H24N2O3/c1-10(2)12(16)14-5-4-11(3)13(17)15-6-8-18-9-7-15/h10-11H,4-9H2,1-3H3,(H,14,16)/t11-/m1/s1. The van der Waals surface area contributed by atoms with E-state index in [9.17, 15) is 9.59 Å². The zero-order valence-electron chi connectivity index (χ0n) is 11.6. The van der Waals surface area contributed by atoms with E-state index in [4.69, 9.17) is 4.74 Å². The van der Waals surface area contributed by atoms with Gasteiger partial charge in [0.05, 0.1) is 13.2 Å². The summed E-state index contributed by atoms with van der Waals surface area (Å²) in [5.41, 5.74) is 0. The van der Waals surface area contributed by atoms with Crippen LogP contribution in [0.5, 0.6) is 0 Å². The van der Waals surface area contributed by atoms with Crippen LogP contribution in [0.25, 0.3) is 0 Å². The van der Waals surface area contributed by atoms with E-state index >= 15 is 0 Å². The Bertz CT molecular complexity index is 286. The molecule has 5 nitrogen and oxygen atoms in total. The van der Waals surface area contributed by atoms with Gasteiger partial charge in [0.15, 0.2) is 0 Å². The highest BCUT2D eigenvalue weighted by molar-refractivity contribution is 5.79. The maximum Gasteiger partial charge on any atom is 0.225 e. The van der Waals surface area contributed by atoms with Crippen LogP contribution >= 0.6 is 0 Å². The van der Waals surface area contributed by atoms with E-state index in [0.29, 0.717) is 39.3 Å². The average Bonchev–Trinajstić information content (AvgIpc) is 2.38. The third kappa shape index (κ3) is 4.64. The molecule has 0 aromatic carbocycles. The first-order chi connectivity index (χ1) is 8.52. The Morgan fingerprint density at radius 3 is 2.39 bits per heavy atom. The summed E-state index contributed by atoms with van der Waals surface area (Å²) < 4.78 is 5.22. The van der Waals surface area contributed by atoms with Gasteiger partial charge in [0.1, 0.15) is 0 Å². The van der Waals surface area contributed by atoms with Gasteiger partial charge < -0.3 is 15.0 Å². The number of amides is 2. The van der Waals surface area contributed by atoms with Gasteiger partial charge >= 0.3 is 0 Å². The number of carbonyl (C=O) groups is 2. The first-order valence-electron chi connectivity index (χ1n) is 6.66. The van der Waals surface area contributed by atoms with Gasteiger partial charge in [-0.15, -0.1) is 0 Å². The van der Waals surface area contributed by atoms with Crippen LogP contribution in [0.1, 0.15) is 27.2 Å². The Kier molecular flexibility index (Phi) is 6.12. The molecular formula is C13H24N2O3. The van der Waals surface area contributed by atoms with E-state index in [2.05, 4.69) is 5.32 Å². The Morgan fingerprint density at radius 1 is 1.22 bits per heavy atom. The Morgan fingerprint density at radius 2 is 1.83 bits per heavy atom. The van der Waals surface area contributed by atoms with E-state index in [1.165, 1.54) is 0 Å². The highest BCUT2D eigenvalue weighted by Gasteiger charge is 2.22. The highest BCUT2D eigenvalue weighted by atomic mass is 16.5. The normalized spacial score (nSPS) is 17.7. The van der Waals surface area contributed by atoms with Gasteiger partial charge in [0.25, 0.3) is 0 Å². The lowest BCUT2D eigenvalue weighted by Crippen LogP contribution is -2.43. The zero-order valence-corrected chi connectivity index (χ0v) is 11.6. The molecule has 1 saturated heterocycles. The van der Waals surface area contributed by atoms with E-state index in [1.807, 2.05) is 25.7 Å². The number of ether oxygens (including phenoxy) is 1. The van der Waals surface area contributed by atoms with E-state index < -0.39 is 0 Å². The van der Waals surface area contributed by atoms with Gasteiger partial charge in [0.2, 0.25) is 11.8 Å². The first kappa shape index (κ1) is 15.0. The average molecular weight is 256 g/mol. The fourth-order valence-electron chi connectivity index (χ4n) is 1.83. The third-order valence-electron chi connectivity index (χ3n) is 3.15. The summed E-state index contributed by atoms with van der Waals surface area (Å²) in [5, 5.41) is 2.84. The number of morpholine rings is 1. The van der Waals surface area contributed by atoms with Crippen molar-refractivity contribution in [1.29, 1.82) is 0 Å². The Hall–Kier alpha value is -1.10. The molecule has 0 unspecified atom stereocenters. The molecule has 1 rings (SSSR count). The molecule has 1 heterocycles. The van der Waals surface area contributed by atoms with Crippen LogP contribution in [0.3, 0.4) is 0 Å². The number of rotatable bonds is 5. The summed E-state index contributed by atoms with van der Waals surface area (Å²) in [7, 11) is 0. The number of nitrogens with one attached hydrogen (secondary N) is 1. The fourth-order valence-corrected chi connectivity index (χ4v) is 1.83. The van der Waals surface area contributed by atoms with Crippen molar-refractivity contribution >= 4 is 11.8 Å². The molecule has 1 aliphatic rings. The molecule has 2 amide bonds. The lowest BCUT2D eigenvalue weighted by Gasteiger charge is -2.29. The monoisotopic (exact) mass is 256 g/mol. The molecule has 0 aliphatic carbocycles. The van der Waals surface area contributed by atoms with Crippen LogP contribution in [-0.4, -0.2) is 49.6 Å². The molecular weight excluding hydrogens is 232 g/mol. The maximum absolute atomic E-state index is 12.1. The number of hydrogen-bond donors (Lipinski definition) is 1. The van der Waals surface area contributed by atoms with Crippen molar-refractivity contribution in [2.75, 3.05) is 32.8 Å². The molecule has 104 valence electrons. The molecule has 0 bridgehead atoms. The van der Waals surface area contributed by atoms with Crippen molar-refractivity contribution in [3.05, 3.63) is 0 Å². The Labute approximate surface area is 109 Å². The lowest BCUT2D eigenvalue weighted by atomic mass is 10.1. The molecule has 1 fully saturated rings. The van der Waals surface area contributed by atoms with Crippen molar-refractivity contribution in [3.63, 3.8) is 0 Å². The predicted octanol–water partition coefficient (Wildman–Crippen LogP) is 0.644. The summed E-state index contributed by atoms with van der Waals surface area (Å²) in [6.07, 6.45) is 0.689. The molecule has 5 heteroatoms. The highest BCUT2D eigenvalue weighted by Crippen LogP contribution is 2.09. The van der Waals surface area contributed by atoms with Crippen molar-refractivity contribution < 1.29 is 14.3 Å². The van der Waals surface area contributed by atoms with Gasteiger partial charge in [-0.05, 0) is 6.42 Å². The van der Waals surface area contributed by atoms with Gasteiger partial charge in [-0.1, -0.05) is 20.8 Å². The summed E-state index contributed by atoms with van der Waals surface area (Å²) in [5.74, 6) is 0.156. The minimum absolute atomic E-state index is 0.00440. The number of nitrogens with zero attached hydrogens (tertiary/aromatic N) is 1. The minimum Gasteiger partial charge on any atom is -0.378 e. The molecule has 0 aromatic heterocycles. The Balaban J connectivity index is 2.25. The lowest BCUT2D eigenvalue weighted by molar-refractivity contribution is -0.139. The molecule has 0 spiro atoms. The molecule has 0 aromatic rings. The maximum atomic E-state index is 12.1. The predicted molar refractivity (Wildman–Crippen MR) is 69.0 cm³/mol. The van der Waals surface area contributed by atoms with E-state index in [0.717, 1.165) is 0 Å². The van der Waals surface area contributed by atoms with Gasteiger partial charge in [-0.3, -0.25) is 9.59 Å². The second kappa shape index (κ2) is 7.36. The fraction of sp³-hybridized carbons (Fsp3) is 0.846. The molecule has 1 aliphatic heterocycles. The smallest absolute Gasteiger partial charge is 0.225 e. The van der Waals surface area contributed by atoms with E-state index in [-0.39, 0.29) is 23.7 Å². The van der Waals surface area contributed by atoms with Crippen LogP contribution in [0, 0.1) is 11.8 Å². The quantitative estimate of drug-likeness (QED) is 0.785. The molecule has 18 heavy (non-hydrogen) atoms. The number of hydrogen-bond acceptors (Lipinski definition) is 3. The van der Waals surface area contributed by atoms with Gasteiger partial charge in [-0.25, -0.2) is 0 Å². The van der Waals surface area contributed by atoms with Crippen molar-refractivity contribution in [3.8, 4) is 0 Å². The van der Waals surface area contributed by atoms with Gasteiger partial charge in [0, 0.05) is 31.5 Å². The second-order valence-electron chi connectivity index (χ2n) is 5.07. The number of carbonyl (C=O) groups excluding carboxylic acids is 2. The van der Waals surface area contributed by atoms with Crippen molar-refractivity contribution in [2.45, 2.75) is 27.2 Å². The molecule has 1 atom stereocenters. The van der Waals surface area contributed by atoms with E-state index in [1.54, 1.807) is 0 Å². The van der Waals surface area contributed by atoms with Crippen LogP contribution < -0.4 is 5.32 Å². The summed E-state index contributed by atoms with van der Waals surface area (Å²) in [6.45, 7) is 8.82. The van der Waals surface area contributed by atoms with Crippen LogP contribution in [-0.2, 0) is 14.3 Å². The first-order valence-corrected chi connectivity index (χ1v) is 6.66. The summed E-state index contributed by atoms with van der Waals surface area (Å²) >= 11 is 0. The molecule has 0 radical (unpaired) electrons. The zero-order chi connectivity index (χ0) is 13.5. The molecule has 1 N–H and O–H groups in total. The van der Waals surface area contributed by atoms with Crippen LogP contribution in [0.2, 0.25) is 0 Å².